The second-order valence-electron chi connectivity index (χ2n) is 4.05. The van der Waals surface area contributed by atoms with E-state index < -0.39 is 0 Å². The highest BCUT2D eigenvalue weighted by Gasteiger charge is 2.20. The fraction of sp³-hybridized carbons (Fsp3) is 0.500. The van der Waals surface area contributed by atoms with Crippen molar-refractivity contribution >= 4 is 45.4 Å². The lowest BCUT2D eigenvalue weighted by atomic mass is 10.2. The first kappa shape index (κ1) is 10.7. The zero-order valence-corrected chi connectivity index (χ0v) is 11.4. The highest BCUT2D eigenvalue weighted by molar-refractivity contribution is 14.1. The van der Waals surface area contributed by atoms with Crippen molar-refractivity contribution in [1.29, 1.82) is 0 Å². The molecule has 3 rings (SSSR count). The highest BCUT2D eigenvalue weighted by Crippen LogP contribution is 2.32. The molecule has 16 heavy (non-hydrogen) atoms. The molecule has 84 valence electrons. The fourth-order valence-corrected chi connectivity index (χ4v) is 3.13. The molecule has 0 aromatic carbocycles. The van der Waals surface area contributed by atoms with Gasteiger partial charge in [-0.2, -0.15) is 0 Å². The molecule has 6 heteroatoms. The van der Waals surface area contributed by atoms with Crippen LogP contribution in [0.3, 0.4) is 0 Å². The van der Waals surface area contributed by atoms with Crippen LogP contribution in [0.2, 0.25) is 5.15 Å². The largest absolute Gasteiger partial charge is 0.312 e. The smallest absolute Gasteiger partial charge is 0.194 e. The molecule has 0 bridgehead atoms. The Labute approximate surface area is 112 Å². The molecule has 1 saturated carbocycles. The summed E-state index contributed by atoms with van der Waals surface area (Å²) in [4.78, 5) is 12.8. The molecule has 0 spiro atoms. The fourth-order valence-electron chi connectivity index (χ4n) is 2.31. The topological polar surface area (TPSA) is 43.6 Å². The van der Waals surface area contributed by atoms with E-state index in [9.17, 15) is 0 Å². The zero-order chi connectivity index (χ0) is 11.1. The summed E-state index contributed by atoms with van der Waals surface area (Å²) in [5.74, 6) is 0. The summed E-state index contributed by atoms with van der Waals surface area (Å²) in [7, 11) is 0. The number of rotatable bonds is 1. The Morgan fingerprint density at radius 1 is 1.31 bits per heavy atom. The van der Waals surface area contributed by atoms with Crippen LogP contribution in [0.5, 0.6) is 0 Å². The molecule has 0 amide bonds. The third-order valence-electron chi connectivity index (χ3n) is 3.07. The van der Waals surface area contributed by atoms with Gasteiger partial charge < -0.3 is 4.57 Å². The van der Waals surface area contributed by atoms with Crippen molar-refractivity contribution in [1.82, 2.24) is 19.5 Å². The van der Waals surface area contributed by atoms with E-state index in [-0.39, 0.29) is 0 Å². The second kappa shape index (κ2) is 4.10. The Morgan fingerprint density at radius 3 is 2.81 bits per heavy atom. The maximum Gasteiger partial charge on any atom is 0.194 e. The van der Waals surface area contributed by atoms with E-state index in [1.54, 1.807) is 0 Å². The lowest BCUT2D eigenvalue weighted by Gasteiger charge is -2.11. The van der Waals surface area contributed by atoms with E-state index in [4.69, 9.17) is 11.6 Å². The van der Waals surface area contributed by atoms with Crippen LogP contribution in [0, 0.1) is 3.83 Å². The summed E-state index contributed by atoms with van der Waals surface area (Å²) in [6.45, 7) is 0. The number of hydrogen-bond donors (Lipinski definition) is 0. The van der Waals surface area contributed by atoms with E-state index in [2.05, 4.69) is 42.1 Å². The first-order valence-corrected chi connectivity index (χ1v) is 6.77. The molecule has 0 atom stereocenters. The monoisotopic (exact) mass is 348 g/mol. The molecular weight excluding hydrogens is 338 g/mol. The molecule has 0 radical (unpaired) electrons. The number of halogens is 2. The van der Waals surface area contributed by atoms with Crippen molar-refractivity contribution in [3.05, 3.63) is 15.3 Å². The van der Waals surface area contributed by atoms with Crippen molar-refractivity contribution in [2.24, 2.45) is 0 Å². The van der Waals surface area contributed by atoms with E-state index >= 15 is 0 Å². The summed E-state index contributed by atoms with van der Waals surface area (Å²) in [6.07, 6.45) is 6.85. The molecule has 1 aliphatic carbocycles. The molecule has 1 aliphatic rings. The van der Waals surface area contributed by atoms with Gasteiger partial charge >= 0.3 is 0 Å². The first-order chi connectivity index (χ1) is 7.75. The van der Waals surface area contributed by atoms with E-state index in [1.807, 2.05) is 6.33 Å². The first-order valence-electron chi connectivity index (χ1n) is 5.31. The number of imidazole rings is 1. The SMILES string of the molecule is Clc1nc(I)nc2c1ncn2C1CCCC1. The average Bonchev–Trinajstić information content (AvgIpc) is 2.83. The van der Waals surface area contributed by atoms with Crippen LogP contribution in [-0.4, -0.2) is 19.5 Å². The van der Waals surface area contributed by atoms with Gasteiger partial charge in [-0.3, -0.25) is 0 Å². The van der Waals surface area contributed by atoms with Gasteiger partial charge in [-0.25, -0.2) is 15.0 Å². The lowest BCUT2D eigenvalue weighted by molar-refractivity contribution is 0.528. The molecule has 0 aliphatic heterocycles. The summed E-state index contributed by atoms with van der Waals surface area (Å²) in [6, 6.07) is 0.534. The average molecular weight is 349 g/mol. The quantitative estimate of drug-likeness (QED) is 0.451. The molecular formula is C10H10ClIN4. The summed E-state index contributed by atoms with van der Waals surface area (Å²) in [5, 5.41) is 0.450. The Bertz CT molecular complexity index is 533. The third kappa shape index (κ3) is 1.69. The number of hydrogen-bond acceptors (Lipinski definition) is 3. The zero-order valence-electron chi connectivity index (χ0n) is 8.53. The minimum Gasteiger partial charge on any atom is -0.312 e. The summed E-state index contributed by atoms with van der Waals surface area (Å²) < 4.78 is 2.83. The third-order valence-corrected chi connectivity index (χ3v) is 3.82. The van der Waals surface area contributed by atoms with Crippen molar-refractivity contribution in [2.45, 2.75) is 31.7 Å². The number of nitrogens with zero attached hydrogens (tertiary/aromatic N) is 4. The van der Waals surface area contributed by atoms with Gasteiger partial charge in [0, 0.05) is 28.6 Å². The summed E-state index contributed by atoms with van der Waals surface area (Å²) >= 11 is 8.13. The van der Waals surface area contributed by atoms with Crippen molar-refractivity contribution in [3.8, 4) is 0 Å². The summed E-state index contributed by atoms with van der Waals surface area (Å²) in [5.41, 5.74) is 1.59. The predicted molar refractivity (Wildman–Crippen MR) is 70.6 cm³/mol. The standard InChI is InChI=1S/C10H10ClIN4/c11-8-7-9(15-10(12)14-8)16(5-13-7)6-3-1-2-4-6/h5-6H,1-4H2. The van der Waals surface area contributed by atoms with E-state index in [1.165, 1.54) is 25.7 Å². The predicted octanol–water partition coefficient (Wildman–Crippen LogP) is 3.20. The maximum absolute atomic E-state index is 6.05. The number of fused-ring (bicyclic) bond motifs is 1. The molecule has 2 aromatic heterocycles. The van der Waals surface area contributed by atoms with Crippen molar-refractivity contribution in [2.75, 3.05) is 0 Å². The van der Waals surface area contributed by atoms with Gasteiger partial charge in [0.1, 0.15) is 5.52 Å². The molecule has 2 aromatic rings. The van der Waals surface area contributed by atoms with Gasteiger partial charge in [-0.1, -0.05) is 24.4 Å². The minimum atomic E-state index is 0.450. The molecule has 2 heterocycles. The van der Waals surface area contributed by atoms with Gasteiger partial charge in [-0.05, 0) is 12.8 Å². The van der Waals surface area contributed by atoms with Crippen LogP contribution in [-0.2, 0) is 0 Å². The molecule has 1 fully saturated rings. The normalized spacial score (nSPS) is 17.4. The van der Waals surface area contributed by atoms with Gasteiger partial charge in [0.15, 0.2) is 14.6 Å². The molecule has 0 unspecified atom stereocenters. The van der Waals surface area contributed by atoms with Crippen LogP contribution in [0.1, 0.15) is 31.7 Å². The Balaban J connectivity index is 2.18. The van der Waals surface area contributed by atoms with Gasteiger partial charge in [-0.15, -0.1) is 0 Å². The Morgan fingerprint density at radius 2 is 2.06 bits per heavy atom. The van der Waals surface area contributed by atoms with Crippen molar-refractivity contribution in [3.63, 3.8) is 0 Å². The van der Waals surface area contributed by atoms with Gasteiger partial charge in [0.05, 0.1) is 6.33 Å². The van der Waals surface area contributed by atoms with E-state index in [0.29, 0.717) is 20.5 Å². The van der Waals surface area contributed by atoms with Gasteiger partial charge in [0.25, 0.3) is 0 Å². The minimum absolute atomic E-state index is 0.450. The molecule has 0 N–H and O–H groups in total. The lowest BCUT2D eigenvalue weighted by Crippen LogP contribution is -2.04. The van der Waals surface area contributed by atoms with Crippen LogP contribution >= 0.6 is 34.2 Å². The van der Waals surface area contributed by atoms with Crippen LogP contribution in [0.25, 0.3) is 11.2 Å². The maximum atomic E-state index is 6.05. The van der Waals surface area contributed by atoms with Crippen molar-refractivity contribution < 1.29 is 0 Å². The molecule has 4 nitrogen and oxygen atoms in total. The Hall–Kier alpha value is -0.430. The van der Waals surface area contributed by atoms with Crippen LogP contribution in [0.4, 0.5) is 0 Å². The second-order valence-corrected chi connectivity index (χ2v) is 5.37. The van der Waals surface area contributed by atoms with Crippen LogP contribution in [0.15, 0.2) is 6.33 Å². The van der Waals surface area contributed by atoms with Gasteiger partial charge in [0.2, 0.25) is 0 Å². The Kier molecular flexibility index (Phi) is 2.75. The van der Waals surface area contributed by atoms with Crippen LogP contribution < -0.4 is 0 Å². The highest BCUT2D eigenvalue weighted by atomic mass is 127. The number of aromatic nitrogens is 4. The molecule has 0 saturated heterocycles. The van der Waals surface area contributed by atoms with E-state index in [0.717, 1.165) is 5.65 Å².